The molecule has 0 aromatic heterocycles. The van der Waals surface area contributed by atoms with Gasteiger partial charge in [0.1, 0.15) is 0 Å². The lowest BCUT2D eigenvalue weighted by molar-refractivity contribution is -0.121. The Kier molecular flexibility index (Phi) is 6.43. The van der Waals surface area contributed by atoms with Crippen molar-refractivity contribution in [2.24, 2.45) is 5.14 Å². The van der Waals surface area contributed by atoms with Crippen LogP contribution in [0.1, 0.15) is 12.8 Å². The van der Waals surface area contributed by atoms with E-state index in [9.17, 15) is 13.2 Å². The van der Waals surface area contributed by atoms with Crippen molar-refractivity contribution in [2.75, 3.05) is 26.0 Å². The molecule has 0 heterocycles. The lowest BCUT2D eigenvalue weighted by atomic mass is 10.4. The summed E-state index contributed by atoms with van der Waals surface area (Å²) in [6.07, 6.45) is 0.615. The molecule has 0 saturated carbocycles. The van der Waals surface area contributed by atoms with E-state index in [0.717, 1.165) is 0 Å². The lowest BCUT2D eigenvalue weighted by Crippen LogP contribution is -2.27. The lowest BCUT2D eigenvalue weighted by Gasteiger charge is -2.03. The summed E-state index contributed by atoms with van der Waals surface area (Å²) in [6.45, 7) is 0.681. The maximum atomic E-state index is 11.0. The standard InChI is InChI=1S/C7H16N2O4S/c1-13-5-3-7(10)9-4-2-6-14(8,11)12/h2-6H2,1H3,(H,9,10)(H2,8,11,12). The van der Waals surface area contributed by atoms with Gasteiger partial charge in [0.25, 0.3) is 0 Å². The molecule has 0 radical (unpaired) electrons. The maximum absolute atomic E-state index is 11.0. The number of amides is 1. The fraction of sp³-hybridized carbons (Fsp3) is 0.857. The number of nitrogens with two attached hydrogens (primary N) is 1. The van der Waals surface area contributed by atoms with Gasteiger partial charge in [0.15, 0.2) is 0 Å². The molecule has 0 aromatic rings. The van der Waals surface area contributed by atoms with E-state index >= 15 is 0 Å². The number of rotatable bonds is 7. The molecular weight excluding hydrogens is 208 g/mol. The van der Waals surface area contributed by atoms with Crippen LogP contribution in [0.4, 0.5) is 0 Å². The number of hydrogen-bond acceptors (Lipinski definition) is 4. The van der Waals surface area contributed by atoms with Crippen molar-refractivity contribution in [3.05, 3.63) is 0 Å². The van der Waals surface area contributed by atoms with E-state index in [1.807, 2.05) is 0 Å². The highest BCUT2D eigenvalue weighted by Gasteiger charge is 2.03. The molecule has 6 nitrogen and oxygen atoms in total. The molecule has 0 aromatic carbocycles. The molecule has 14 heavy (non-hydrogen) atoms. The van der Waals surface area contributed by atoms with Gasteiger partial charge in [0.2, 0.25) is 15.9 Å². The van der Waals surface area contributed by atoms with Crippen molar-refractivity contribution >= 4 is 15.9 Å². The first-order chi connectivity index (χ1) is 6.45. The molecule has 7 heteroatoms. The van der Waals surface area contributed by atoms with E-state index in [4.69, 9.17) is 9.88 Å². The Hall–Kier alpha value is -0.660. The zero-order valence-electron chi connectivity index (χ0n) is 8.15. The topological polar surface area (TPSA) is 98.5 Å². The molecule has 0 unspecified atom stereocenters. The molecule has 0 aliphatic heterocycles. The summed E-state index contributed by atoms with van der Waals surface area (Å²) in [5.74, 6) is -0.265. The van der Waals surface area contributed by atoms with Gasteiger partial charge >= 0.3 is 0 Å². The van der Waals surface area contributed by atoms with Gasteiger partial charge < -0.3 is 10.1 Å². The molecule has 0 rings (SSSR count). The van der Waals surface area contributed by atoms with E-state index in [1.54, 1.807) is 0 Å². The highest BCUT2D eigenvalue weighted by molar-refractivity contribution is 7.89. The minimum Gasteiger partial charge on any atom is -0.384 e. The van der Waals surface area contributed by atoms with Crippen molar-refractivity contribution in [3.63, 3.8) is 0 Å². The van der Waals surface area contributed by atoms with Crippen molar-refractivity contribution < 1.29 is 17.9 Å². The van der Waals surface area contributed by atoms with Gasteiger partial charge in [-0.15, -0.1) is 0 Å². The average molecular weight is 224 g/mol. The largest absolute Gasteiger partial charge is 0.384 e. The average Bonchev–Trinajstić information content (AvgIpc) is 2.07. The van der Waals surface area contributed by atoms with E-state index < -0.39 is 10.0 Å². The zero-order chi connectivity index (χ0) is 11.0. The molecule has 0 fully saturated rings. The second-order valence-electron chi connectivity index (χ2n) is 2.81. The SMILES string of the molecule is COCCC(=O)NCCCS(N)(=O)=O. The molecule has 0 aliphatic rings. The van der Waals surface area contributed by atoms with E-state index in [1.165, 1.54) is 7.11 Å². The molecule has 84 valence electrons. The number of sulfonamides is 1. The van der Waals surface area contributed by atoms with Gasteiger partial charge in [-0.25, -0.2) is 13.6 Å². The molecule has 0 aliphatic carbocycles. The Morgan fingerprint density at radius 1 is 1.50 bits per heavy atom. The summed E-state index contributed by atoms with van der Waals surface area (Å²) < 4.78 is 25.7. The van der Waals surface area contributed by atoms with Crippen LogP contribution in [0.2, 0.25) is 0 Å². The Morgan fingerprint density at radius 2 is 2.14 bits per heavy atom. The van der Waals surface area contributed by atoms with E-state index in [2.05, 4.69) is 5.32 Å². The highest BCUT2D eigenvalue weighted by Crippen LogP contribution is 1.85. The summed E-state index contributed by atoms with van der Waals surface area (Å²) in [5, 5.41) is 7.32. The zero-order valence-corrected chi connectivity index (χ0v) is 8.97. The monoisotopic (exact) mass is 224 g/mol. The van der Waals surface area contributed by atoms with Gasteiger partial charge in [-0.05, 0) is 6.42 Å². The van der Waals surface area contributed by atoms with Crippen LogP contribution in [0.3, 0.4) is 0 Å². The van der Waals surface area contributed by atoms with Gasteiger partial charge in [-0.1, -0.05) is 0 Å². The number of primary sulfonamides is 1. The number of carbonyl (C=O) groups excluding carboxylic acids is 1. The van der Waals surface area contributed by atoms with Crippen molar-refractivity contribution in [2.45, 2.75) is 12.8 Å². The fourth-order valence-corrected chi connectivity index (χ4v) is 1.33. The molecule has 0 bridgehead atoms. The fourth-order valence-electron chi connectivity index (χ4n) is 0.784. The molecule has 0 atom stereocenters. The minimum absolute atomic E-state index is 0.114. The number of hydrogen-bond donors (Lipinski definition) is 2. The van der Waals surface area contributed by atoms with Crippen LogP contribution in [0.15, 0.2) is 0 Å². The summed E-state index contributed by atoms with van der Waals surface area (Å²) in [7, 11) is -1.91. The second kappa shape index (κ2) is 6.74. The Labute approximate surface area is 83.9 Å². The van der Waals surface area contributed by atoms with Crippen LogP contribution >= 0.6 is 0 Å². The summed E-state index contributed by atoms with van der Waals surface area (Å²) in [5.41, 5.74) is 0. The van der Waals surface area contributed by atoms with Crippen molar-refractivity contribution in [1.29, 1.82) is 0 Å². The van der Waals surface area contributed by atoms with Crippen LogP contribution in [-0.4, -0.2) is 40.3 Å². The minimum atomic E-state index is -3.42. The molecule has 0 saturated heterocycles. The van der Waals surface area contributed by atoms with Crippen molar-refractivity contribution in [1.82, 2.24) is 5.32 Å². The molecule has 1 amide bonds. The van der Waals surface area contributed by atoms with Gasteiger partial charge in [-0.2, -0.15) is 0 Å². The van der Waals surface area contributed by atoms with Crippen LogP contribution in [0.5, 0.6) is 0 Å². The Balaban J connectivity index is 3.41. The predicted octanol–water partition coefficient (Wildman–Crippen LogP) is -1.18. The maximum Gasteiger partial charge on any atom is 0.222 e. The Bertz CT molecular complexity index is 263. The van der Waals surface area contributed by atoms with Crippen LogP contribution in [-0.2, 0) is 19.6 Å². The van der Waals surface area contributed by atoms with Crippen LogP contribution in [0.25, 0.3) is 0 Å². The normalized spacial score (nSPS) is 11.3. The molecule has 0 spiro atoms. The molecule has 3 N–H and O–H groups in total. The molecular formula is C7H16N2O4S. The third kappa shape index (κ3) is 9.43. The van der Waals surface area contributed by atoms with Gasteiger partial charge in [0.05, 0.1) is 12.4 Å². The Morgan fingerprint density at radius 3 is 2.64 bits per heavy atom. The smallest absolute Gasteiger partial charge is 0.222 e. The summed E-state index contributed by atoms with van der Waals surface area (Å²) >= 11 is 0. The van der Waals surface area contributed by atoms with Gasteiger partial charge in [-0.3, -0.25) is 4.79 Å². The number of ether oxygens (including phenoxy) is 1. The predicted molar refractivity (Wildman–Crippen MR) is 52.1 cm³/mol. The summed E-state index contributed by atoms with van der Waals surface area (Å²) in [4.78, 5) is 11.0. The van der Waals surface area contributed by atoms with E-state index in [-0.39, 0.29) is 18.1 Å². The third-order valence-corrected chi connectivity index (χ3v) is 2.32. The number of methoxy groups -OCH3 is 1. The third-order valence-electron chi connectivity index (χ3n) is 1.46. The first kappa shape index (κ1) is 13.3. The van der Waals surface area contributed by atoms with Crippen molar-refractivity contribution in [3.8, 4) is 0 Å². The van der Waals surface area contributed by atoms with Crippen LogP contribution < -0.4 is 10.5 Å². The number of nitrogens with one attached hydrogen (secondary N) is 1. The second-order valence-corrected chi connectivity index (χ2v) is 4.55. The highest BCUT2D eigenvalue weighted by atomic mass is 32.2. The quantitative estimate of drug-likeness (QED) is 0.532. The van der Waals surface area contributed by atoms with Gasteiger partial charge in [0, 0.05) is 20.1 Å². The number of carbonyl (C=O) groups is 1. The first-order valence-electron chi connectivity index (χ1n) is 4.22. The van der Waals surface area contributed by atoms with Crippen LogP contribution in [0, 0.1) is 0 Å². The summed E-state index contributed by atoms with van der Waals surface area (Å²) in [6, 6.07) is 0. The van der Waals surface area contributed by atoms with E-state index in [0.29, 0.717) is 19.6 Å². The first-order valence-corrected chi connectivity index (χ1v) is 5.93.